The zero-order chi connectivity index (χ0) is 12.2. The first-order valence-corrected chi connectivity index (χ1v) is 5.08. The van der Waals surface area contributed by atoms with Crippen LogP contribution in [0.3, 0.4) is 0 Å². The SMILES string of the molecule is CCCC(C(=O)O)(C(=O)O)c1ccccc1.[KH].[LiH]. The van der Waals surface area contributed by atoms with Crippen molar-refractivity contribution < 1.29 is 19.8 Å². The van der Waals surface area contributed by atoms with Gasteiger partial charge in [0.05, 0.1) is 0 Å². The second-order valence-electron chi connectivity index (χ2n) is 3.63. The molecule has 0 spiro atoms. The second kappa shape index (κ2) is 9.32. The molecule has 2 N–H and O–H groups in total. The van der Waals surface area contributed by atoms with Crippen LogP contribution in [0.15, 0.2) is 30.3 Å². The van der Waals surface area contributed by atoms with Gasteiger partial charge in [0.15, 0.2) is 5.41 Å². The standard InChI is InChI=1S/C12H14O4.K.Li.2H/c1-2-8-12(10(13)14,11(15)16)9-6-4-3-5-7-9;;;;/h3-7H,2,8H2,1H3,(H,13,14)(H,15,16);;;;. The number of hydrogen-bond donors (Lipinski definition) is 2. The first-order chi connectivity index (χ1) is 7.55. The number of rotatable bonds is 5. The second-order valence-corrected chi connectivity index (χ2v) is 3.63. The summed E-state index contributed by atoms with van der Waals surface area (Å²) in [4.78, 5) is 22.5. The van der Waals surface area contributed by atoms with Crippen LogP contribution in [0.2, 0.25) is 0 Å². The summed E-state index contributed by atoms with van der Waals surface area (Å²) in [7, 11) is 0. The Bertz CT molecular complexity index is 380. The zero-order valence-corrected chi connectivity index (χ0v) is 9.01. The third-order valence-electron chi connectivity index (χ3n) is 2.62. The van der Waals surface area contributed by atoms with E-state index in [1.807, 2.05) is 0 Å². The molecule has 1 aromatic carbocycles. The van der Waals surface area contributed by atoms with Crippen molar-refractivity contribution >= 4 is 82.2 Å². The molecular weight excluding hydrogens is 254 g/mol. The normalized spacial score (nSPS) is 9.83. The summed E-state index contributed by atoms with van der Waals surface area (Å²) in [5, 5.41) is 18.4. The fourth-order valence-corrected chi connectivity index (χ4v) is 1.79. The van der Waals surface area contributed by atoms with Crippen LogP contribution < -0.4 is 0 Å². The average molecular weight is 270 g/mol. The molecule has 0 heterocycles. The predicted octanol–water partition coefficient (Wildman–Crippen LogP) is 0.597. The van der Waals surface area contributed by atoms with Crippen LogP contribution in [0.4, 0.5) is 0 Å². The van der Waals surface area contributed by atoms with E-state index in [9.17, 15) is 19.8 Å². The van der Waals surface area contributed by atoms with Crippen LogP contribution in [0, 0.1) is 0 Å². The minimum atomic E-state index is -1.82. The molecule has 0 bridgehead atoms. The summed E-state index contributed by atoms with van der Waals surface area (Å²) in [5.41, 5.74) is -1.51. The number of carboxylic acids is 2. The van der Waals surface area contributed by atoms with E-state index in [4.69, 9.17) is 0 Å². The van der Waals surface area contributed by atoms with Gasteiger partial charge in [-0.05, 0) is 12.0 Å². The Balaban J connectivity index is 0. The van der Waals surface area contributed by atoms with Gasteiger partial charge >= 0.3 is 82.2 Å². The summed E-state index contributed by atoms with van der Waals surface area (Å²) >= 11 is 0. The van der Waals surface area contributed by atoms with Crippen LogP contribution >= 0.6 is 0 Å². The molecule has 0 aliphatic rings. The van der Waals surface area contributed by atoms with Gasteiger partial charge in [0.1, 0.15) is 0 Å². The van der Waals surface area contributed by atoms with Gasteiger partial charge in [0, 0.05) is 0 Å². The fourth-order valence-electron chi connectivity index (χ4n) is 1.79. The van der Waals surface area contributed by atoms with Gasteiger partial charge < -0.3 is 10.2 Å². The molecule has 0 unspecified atom stereocenters. The number of hydrogen-bond acceptors (Lipinski definition) is 2. The van der Waals surface area contributed by atoms with E-state index in [0.29, 0.717) is 12.0 Å². The Morgan fingerprint density at radius 2 is 1.56 bits per heavy atom. The molecule has 90 valence electrons. The van der Waals surface area contributed by atoms with Crippen LogP contribution in [0.5, 0.6) is 0 Å². The molecule has 6 heteroatoms. The third-order valence-corrected chi connectivity index (χ3v) is 2.62. The van der Waals surface area contributed by atoms with E-state index in [-0.39, 0.29) is 76.7 Å². The van der Waals surface area contributed by atoms with Crippen molar-refractivity contribution in [2.24, 2.45) is 0 Å². The molecule has 0 aliphatic heterocycles. The predicted molar refractivity (Wildman–Crippen MR) is 72.6 cm³/mol. The van der Waals surface area contributed by atoms with Gasteiger partial charge in [-0.15, -0.1) is 0 Å². The molecule has 1 aromatic rings. The molecule has 18 heavy (non-hydrogen) atoms. The summed E-state index contributed by atoms with van der Waals surface area (Å²) in [6, 6.07) is 8.09. The van der Waals surface area contributed by atoms with Crippen molar-refractivity contribution in [2.45, 2.75) is 25.2 Å². The molecule has 0 atom stereocenters. The Hall–Kier alpha value is 0.394. The van der Waals surface area contributed by atoms with Gasteiger partial charge in [-0.2, -0.15) is 0 Å². The zero-order valence-electron chi connectivity index (χ0n) is 9.01. The number of carboxylic acid groups (broad SMARTS) is 2. The van der Waals surface area contributed by atoms with Crippen LogP contribution in [0.25, 0.3) is 0 Å². The monoisotopic (exact) mass is 270 g/mol. The molecule has 0 aromatic heterocycles. The van der Waals surface area contributed by atoms with Crippen molar-refractivity contribution in [3.8, 4) is 0 Å². The topological polar surface area (TPSA) is 74.6 Å². The molecule has 0 saturated carbocycles. The van der Waals surface area contributed by atoms with E-state index in [1.54, 1.807) is 25.1 Å². The van der Waals surface area contributed by atoms with Crippen molar-refractivity contribution in [3.63, 3.8) is 0 Å². The molecule has 4 nitrogen and oxygen atoms in total. The van der Waals surface area contributed by atoms with E-state index in [1.165, 1.54) is 12.1 Å². The molecule has 0 amide bonds. The molecule has 0 saturated heterocycles. The van der Waals surface area contributed by atoms with Gasteiger partial charge in [-0.1, -0.05) is 43.7 Å². The van der Waals surface area contributed by atoms with E-state index < -0.39 is 17.4 Å². The Labute approximate surface area is 161 Å². The molecule has 0 fully saturated rings. The van der Waals surface area contributed by atoms with Gasteiger partial charge in [-0.25, -0.2) is 0 Å². The van der Waals surface area contributed by atoms with E-state index >= 15 is 0 Å². The van der Waals surface area contributed by atoms with Crippen LogP contribution in [-0.4, -0.2) is 92.4 Å². The fraction of sp³-hybridized carbons (Fsp3) is 0.333. The summed E-state index contributed by atoms with van der Waals surface area (Å²) in [5.74, 6) is -2.62. The van der Waals surface area contributed by atoms with Gasteiger partial charge in [0.2, 0.25) is 0 Å². The Kier molecular flexibility index (Phi) is 10.7. The van der Waals surface area contributed by atoms with Crippen LogP contribution in [0.1, 0.15) is 25.3 Å². The van der Waals surface area contributed by atoms with E-state index in [0.717, 1.165) is 0 Å². The average Bonchev–Trinajstić information content (AvgIpc) is 2.26. The molecule has 0 radical (unpaired) electrons. The first-order valence-electron chi connectivity index (χ1n) is 5.08. The van der Waals surface area contributed by atoms with Crippen molar-refractivity contribution in [2.75, 3.05) is 0 Å². The maximum atomic E-state index is 11.3. The van der Waals surface area contributed by atoms with Gasteiger partial charge in [0.25, 0.3) is 0 Å². The molecule has 1 rings (SSSR count). The Morgan fingerprint density at radius 3 is 1.89 bits per heavy atom. The maximum absolute atomic E-state index is 11.3. The minimum absolute atomic E-state index is 0. The van der Waals surface area contributed by atoms with E-state index in [2.05, 4.69) is 0 Å². The summed E-state index contributed by atoms with van der Waals surface area (Å²) < 4.78 is 0. The summed E-state index contributed by atoms with van der Waals surface area (Å²) in [6.45, 7) is 1.77. The van der Waals surface area contributed by atoms with Crippen molar-refractivity contribution in [1.82, 2.24) is 0 Å². The summed E-state index contributed by atoms with van der Waals surface area (Å²) in [6.07, 6.45) is 0.579. The number of benzene rings is 1. The van der Waals surface area contributed by atoms with Crippen molar-refractivity contribution in [1.29, 1.82) is 0 Å². The van der Waals surface area contributed by atoms with Gasteiger partial charge in [-0.3, -0.25) is 9.59 Å². The first kappa shape index (κ1) is 20.7. The molecular formula is C12H16KLiO4. The van der Waals surface area contributed by atoms with Crippen LogP contribution in [-0.2, 0) is 15.0 Å². The Morgan fingerprint density at radius 1 is 1.11 bits per heavy atom. The quantitative estimate of drug-likeness (QED) is 0.607. The third kappa shape index (κ3) is 4.21. The number of carbonyl (C=O) groups is 2. The number of aliphatic carboxylic acids is 2. The molecule has 0 aliphatic carbocycles. The van der Waals surface area contributed by atoms with Crippen molar-refractivity contribution in [3.05, 3.63) is 35.9 Å².